The van der Waals surface area contributed by atoms with E-state index in [0.29, 0.717) is 19.6 Å². The molecule has 7 nitrogen and oxygen atoms in total. The lowest BCUT2D eigenvalue weighted by molar-refractivity contribution is -0.384. The number of benzene rings is 3. The lowest BCUT2D eigenvalue weighted by Crippen LogP contribution is -2.49. The van der Waals surface area contributed by atoms with Crippen LogP contribution in [-0.2, 0) is 6.54 Å². The number of nitrogens with one attached hydrogen (secondary N) is 1. The van der Waals surface area contributed by atoms with Crippen LogP contribution in [0.15, 0.2) is 66.7 Å². The van der Waals surface area contributed by atoms with Gasteiger partial charge in [-0.15, -0.1) is 0 Å². The van der Waals surface area contributed by atoms with E-state index in [4.69, 9.17) is 0 Å². The summed E-state index contributed by atoms with van der Waals surface area (Å²) in [4.78, 5) is 27.3. The van der Waals surface area contributed by atoms with Crippen LogP contribution in [0.2, 0.25) is 0 Å². The fraction of sp³-hybridized carbons (Fsp3) is 0.227. The number of amides is 2. The molecule has 1 heterocycles. The van der Waals surface area contributed by atoms with Gasteiger partial charge < -0.3 is 10.2 Å². The minimum atomic E-state index is -0.376. The number of hydrogen-bond acceptors (Lipinski definition) is 4. The quantitative estimate of drug-likeness (QED) is 0.537. The summed E-state index contributed by atoms with van der Waals surface area (Å²) in [5.41, 5.74) is 1.83. The van der Waals surface area contributed by atoms with Crippen LogP contribution in [0.1, 0.15) is 5.56 Å². The van der Waals surface area contributed by atoms with E-state index in [9.17, 15) is 14.9 Å². The zero-order chi connectivity index (χ0) is 20.2. The third kappa shape index (κ3) is 4.35. The Balaban J connectivity index is 1.35. The average Bonchev–Trinajstić information content (AvgIpc) is 2.75. The van der Waals surface area contributed by atoms with Gasteiger partial charge in [-0.05, 0) is 17.0 Å². The van der Waals surface area contributed by atoms with Gasteiger partial charge in [-0.3, -0.25) is 15.0 Å². The van der Waals surface area contributed by atoms with Crippen LogP contribution in [0.3, 0.4) is 0 Å². The second kappa shape index (κ2) is 8.28. The van der Waals surface area contributed by atoms with Gasteiger partial charge in [-0.1, -0.05) is 48.5 Å². The molecule has 2 amide bonds. The summed E-state index contributed by atoms with van der Waals surface area (Å²) in [6.07, 6.45) is 0. The van der Waals surface area contributed by atoms with Crippen molar-refractivity contribution in [1.82, 2.24) is 9.80 Å². The van der Waals surface area contributed by atoms with Gasteiger partial charge in [0, 0.05) is 50.2 Å². The smallest absolute Gasteiger partial charge is 0.321 e. The minimum absolute atomic E-state index is 0.101. The highest BCUT2D eigenvalue weighted by Gasteiger charge is 2.22. The number of fused-ring (bicyclic) bond motifs is 1. The molecule has 0 unspecified atom stereocenters. The number of piperazine rings is 1. The summed E-state index contributed by atoms with van der Waals surface area (Å²) in [6, 6.07) is 20.5. The van der Waals surface area contributed by atoms with Crippen LogP contribution in [0.5, 0.6) is 0 Å². The zero-order valence-electron chi connectivity index (χ0n) is 16.0. The van der Waals surface area contributed by atoms with Crippen LogP contribution in [-0.4, -0.2) is 46.9 Å². The molecule has 29 heavy (non-hydrogen) atoms. The first-order chi connectivity index (χ1) is 14.1. The van der Waals surface area contributed by atoms with Crippen LogP contribution in [0.25, 0.3) is 10.8 Å². The van der Waals surface area contributed by atoms with E-state index < -0.39 is 0 Å². The predicted octanol–water partition coefficient (Wildman–Crippen LogP) is 4.10. The molecule has 0 bridgehead atoms. The predicted molar refractivity (Wildman–Crippen MR) is 113 cm³/mol. The van der Waals surface area contributed by atoms with E-state index in [1.807, 2.05) is 53.4 Å². The summed E-state index contributed by atoms with van der Waals surface area (Å²) < 4.78 is 0. The second-order valence-corrected chi connectivity index (χ2v) is 7.15. The maximum Gasteiger partial charge on any atom is 0.321 e. The van der Waals surface area contributed by atoms with Crippen molar-refractivity contribution in [1.29, 1.82) is 0 Å². The van der Waals surface area contributed by atoms with E-state index in [0.717, 1.165) is 35.1 Å². The molecule has 7 heteroatoms. The van der Waals surface area contributed by atoms with E-state index in [1.54, 1.807) is 12.1 Å². The fourth-order valence-corrected chi connectivity index (χ4v) is 3.66. The van der Waals surface area contributed by atoms with Gasteiger partial charge in [0.25, 0.3) is 5.69 Å². The van der Waals surface area contributed by atoms with Gasteiger partial charge in [0.05, 0.1) is 10.6 Å². The summed E-state index contributed by atoms with van der Waals surface area (Å²) in [5.74, 6) is 0. The SMILES string of the molecule is O=C(Nc1cccc2ccccc12)N1CCN(Cc2cccc([N+](=O)[O-])c2)CC1. The van der Waals surface area contributed by atoms with Gasteiger partial charge in [0.1, 0.15) is 0 Å². The Kier molecular flexibility index (Phi) is 5.39. The molecule has 1 aliphatic heterocycles. The van der Waals surface area contributed by atoms with E-state index >= 15 is 0 Å². The minimum Gasteiger partial charge on any atom is -0.322 e. The Morgan fingerprint density at radius 1 is 0.966 bits per heavy atom. The molecule has 3 aromatic carbocycles. The number of nitro groups is 1. The molecule has 0 radical (unpaired) electrons. The number of urea groups is 1. The van der Waals surface area contributed by atoms with Crippen molar-refractivity contribution in [3.63, 3.8) is 0 Å². The van der Waals surface area contributed by atoms with Gasteiger partial charge in [0.15, 0.2) is 0 Å². The van der Waals surface area contributed by atoms with Crippen LogP contribution in [0.4, 0.5) is 16.2 Å². The molecular formula is C22H22N4O3. The van der Waals surface area contributed by atoms with Crippen molar-refractivity contribution in [3.05, 3.63) is 82.4 Å². The molecule has 1 N–H and O–H groups in total. The fourth-order valence-electron chi connectivity index (χ4n) is 3.66. The molecule has 0 aromatic heterocycles. The topological polar surface area (TPSA) is 78.7 Å². The molecule has 1 fully saturated rings. The third-order valence-corrected chi connectivity index (χ3v) is 5.22. The summed E-state index contributed by atoms with van der Waals surface area (Å²) >= 11 is 0. The maximum atomic E-state index is 12.7. The number of nitro benzene ring substituents is 1. The van der Waals surface area contributed by atoms with Crippen molar-refractivity contribution in [2.75, 3.05) is 31.5 Å². The first-order valence-corrected chi connectivity index (χ1v) is 9.59. The van der Waals surface area contributed by atoms with E-state index in [2.05, 4.69) is 10.2 Å². The number of non-ortho nitro benzene ring substituents is 1. The van der Waals surface area contributed by atoms with Crippen LogP contribution in [0, 0.1) is 10.1 Å². The third-order valence-electron chi connectivity index (χ3n) is 5.22. The summed E-state index contributed by atoms with van der Waals surface area (Å²) in [5, 5.41) is 16.1. The van der Waals surface area contributed by atoms with Crippen molar-refractivity contribution in [3.8, 4) is 0 Å². The van der Waals surface area contributed by atoms with Crippen molar-refractivity contribution >= 4 is 28.2 Å². The normalized spacial score (nSPS) is 14.7. The Morgan fingerprint density at radius 2 is 1.69 bits per heavy atom. The monoisotopic (exact) mass is 390 g/mol. The van der Waals surface area contributed by atoms with Gasteiger partial charge in [-0.25, -0.2) is 4.79 Å². The summed E-state index contributed by atoms with van der Waals surface area (Å²) in [7, 11) is 0. The Labute approximate surface area is 168 Å². The molecule has 0 saturated carbocycles. The van der Waals surface area contributed by atoms with Gasteiger partial charge in [0.2, 0.25) is 0 Å². The molecule has 4 rings (SSSR count). The van der Waals surface area contributed by atoms with E-state index in [1.165, 1.54) is 6.07 Å². The molecule has 0 spiro atoms. The number of anilines is 1. The van der Waals surface area contributed by atoms with Crippen LogP contribution >= 0.6 is 0 Å². The molecule has 1 saturated heterocycles. The molecule has 0 aliphatic carbocycles. The molecule has 0 atom stereocenters. The summed E-state index contributed by atoms with van der Waals surface area (Å²) in [6.45, 7) is 3.33. The number of hydrogen-bond donors (Lipinski definition) is 1. The molecule has 148 valence electrons. The molecule has 3 aromatic rings. The Morgan fingerprint density at radius 3 is 2.48 bits per heavy atom. The Bertz CT molecular complexity index is 1040. The van der Waals surface area contributed by atoms with Gasteiger partial charge in [-0.2, -0.15) is 0 Å². The maximum absolute atomic E-state index is 12.7. The average molecular weight is 390 g/mol. The van der Waals surface area contributed by atoms with Crippen LogP contribution < -0.4 is 5.32 Å². The van der Waals surface area contributed by atoms with Gasteiger partial charge >= 0.3 is 6.03 Å². The van der Waals surface area contributed by atoms with Crippen molar-refractivity contribution < 1.29 is 9.72 Å². The zero-order valence-corrected chi connectivity index (χ0v) is 16.0. The molecule has 1 aliphatic rings. The number of carbonyl (C=O) groups excluding carboxylic acids is 1. The first-order valence-electron chi connectivity index (χ1n) is 9.59. The number of carbonyl (C=O) groups is 1. The van der Waals surface area contributed by atoms with Crippen molar-refractivity contribution in [2.24, 2.45) is 0 Å². The highest BCUT2D eigenvalue weighted by molar-refractivity contribution is 6.01. The largest absolute Gasteiger partial charge is 0.322 e. The van der Waals surface area contributed by atoms with Crippen molar-refractivity contribution in [2.45, 2.75) is 6.54 Å². The lowest BCUT2D eigenvalue weighted by atomic mass is 10.1. The highest BCUT2D eigenvalue weighted by Crippen LogP contribution is 2.23. The number of rotatable bonds is 4. The van der Waals surface area contributed by atoms with E-state index in [-0.39, 0.29) is 16.6 Å². The highest BCUT2D eigenvalue weighted by atomic mass is 16.6. The lowest BCUT2D eigenvalue weighted by Gasteiger charge is -2.34. The number of nitrogens with zero attached hydrogens (tertiary/aromatic N) is 3. The second-order valence-electron chi connectivity index (χ2n) is 7.15. The first kappa shape index (κ1) is 18.9. The Hall–Kier alpha value is -3.45. The standard InChI is InChI=1S/C22H22N4O3/c27-22(23-21-10-4-7-18-6-1-2-9-20(18)21)25-13-11-24(12-14-25)16-17-5-3-8-19(15-17)26(28)29/h1-10,15H,11-14,16H2,(H,23,27). The molecular weight excluding hydrogens is 368 g/mol.